The first-order chi connectivity index (χ1) is 38.9. The van der Waals surface area contributed by atoms with E-state index in [2.05, 4.69) is 59.1 Å². The summed E-state index contributed by atoms with van der Waals surface area (Å²) >= 11 is 6.69. The van der Waals surface area contributed by atoms with Crippen molar-refractivity contribution in [1.82, 2.24) is 29.1 Å². The van der Waals surface area contributed by atoms with Gasteiger partial charge >= 0.3 is 13.5 Å². The molecule has 22 nitrogen and oxygen atoms in total. The van der Waals surface area contributed by atoms with Crippen molar-refractivity contribution in [3.63, 3.8) is 0 Å². The van der Waals surface area contributed by atoms with Crippen LogP contribution in [0.4, 0.5) is 5.95 Å². The van der Waals surface area contributed by atoms with Crippen LogP contribution in [0.15, 0.2) is 130 Å². The number of anilines is 1. The van der Waals surface area contributed by atoms with Crippen LogP contribution in [-0.4, -0.2) is 106 Å². The Morgan fingerprint density at radius 1 is 0.854 bits per heavy atom. The number of carbonyl (C=O) groups excluding carboxylic acids is 1. The minimum absolute atomic E-state index is 0.0354. The molecule has 0 spiro atoms. The Kier molecular flexibility index (Phi) is 17.7. The average Bonchev–Trinajstić information content (AvgIpc) is 4.20. The lowest BCUT2D eigenvalue weighted by Gasteiger charge is -2.39. The van der Waals surface area contributed by atoms with Crippen molar-refractivity contribution in [1.29, 1.82) is 0 Å². The van der Waals surface area contributed by atoms with Gasteiger partial charge in [-0.05, 0) is 78.1 Å². The van der Waals surface area contributed by atoms with Gasteiger partial charge in [0.15, 0.2) is 25.7 Å². The van der Waals surface area contributed by atoms with Crippen LogP contribution in [0.5, 0.6) is 17.2 Å². The van der Waals surface area contributed by atoms with Gasteiger partial charge < -0.3 is 37.7 Å². The summed E-state index contributed by atoms with van der Waals surface area (Å²) < 4.78 is 76.4. The topological polar surface area (TPSA) is 268 Å². The molecule has 1 amide bonds. The predicted octanol–water partition coefficient (Wildman–Crippen LogP) is 8.78. The zero-order valence-electron chi connectivity index (χ0n) is 47.0. The number of imidazole rings is 1. The van der Waals surface area contributed by atoms with E-state index in [-0.39, 0.29) is 44.9 Å². The summed E-state index contributed by atoms with van der Waals surface area (Å²) in [5, 5.41) is 15.2. The minimum atomic E-state index is -5.11. The molecule has 4 aromatic carbocycles. The molecule has 0 aliphatic carbocycles. The van der Waals surface area contributed by atoms with Gasteiger partial charge in [-0.1, -0.05) is 113 Å². The molecule has 25 heteroatoms. The summed E-state index contributed by atoms with van der Waals surface area (Å²) in [6, 6.07) is 30.2. The van der Waals surface area contributed by atoms with E-state index in [1.165, 1.54) is 33.8 Å². The molecule has 1 unspecified atom stereocenters. The maximum absolute atomic E-state index is 16.0. The number of hydrogen-bond acceptors (Lipinski definition) is 17. The third-order valence-corrected chi connectivity index (χ3v) is 21.2. The molecule has 8 atom stereocenters. The molecule has 0 radical (unpaired) electrons. The number of aromatic nitrogens is 6. The predicted molar refractivity (Wildman–Crippen MR) is 307 cm³/mol. The first-order valence-electron chi connectivity index (χ1n) is 26.6. The Labute approximate surface area is 478 Å². The number of hydrogen-bond donors (Lipinski definition) is 4. The van der Waals surface area contributed by atoms with Gasteiger partial charge in [-0.3, -0.25) is 47.9 Å². The molecule has 9 rings (SSSR count). The fraction of sp³-hybridized carbons (Fsp3) is 0.404. The van der Waals surface area contributed by atoms with Crippen LogP contribution in [0.3, 0.4) is 0 Å². The van der Waals surface area contributed by atoms with Gasteiger partial charge in [-0.25, -0.2) is 14.3 Å². The summed E-state index contributed by atoms with van der Waals surface area (Å²) in [6.45, 7) is 14.3. The summed E-state index contributed by atoms with van der Waals surface area (Å²) in [4.78, 5) is 65.9. The number of H-pyrrole nitrogens is 2. The second-order valence-corrected chi connectivity index (χ2v) is 28.6. The van der Waals surface area contributed by atoms with Gasteiger partial charge in [0.2, 0.25) is 11.9 Å². The molecule has 7 aromatic rings. The van der Waals surface area contributed by atoms with Crippen LogP contribution in [0.25, 0.3) is 11.2 Å². The largest absolute Gasteiger partial charge is 0.530 e. The maximum Gasteiger partial charge on any atom is 0.530 e. The van der Waals surface area contributed by atoms with Crippen molar-refractivity contribution < 1.29 is 56.1 Å². The monoisotopic (exact) mass is 1180 g/mol. The smallest absolute Gasteiger partial charge is 0.497 e. The van der Waals surface area contributed by atoms with E-state index in [1.807, 2.05) is 54.6 Å². The van der Waals surface area contributed by atoms with Gasteiger partial charge in [-0.15, -0.1) is 0 Å². The molecule has 2 fully saturated rings. The molecule has 2 saturated heterocycles. The highest BCUT2D eigenvalue weighted by Crippen LogP contribution is 2.55. The molecule has 2 aliphatic heterocycles. The Bertz CT molecular complexity index is 3580. The second-order valence-electron chi connectivity index (χ2n) is 21.8. The molecule has 5 heterocycles. The fourth-order valence-corrected chi connectivity index (χ4v) is 12.5. The van der Waals surface area contributed by atoms with Crippen LogP contribution in [0, 0.1) is 12.8 Å². The summed E-state index contributed by atoms with van der Waals surface area (Å²) in [6.07, 6.45) is -6.37. The Hall–Kier alpha value is -6.76. The van der Waals surface area contributed by atoms with Gasteiger partial charge in [0.25, 0.3) is 11.1 Å². The van der Waals surface area contributed by atoms with E-state index in [0.29, 0.717) is 28.2 Å². The number of para-hydroxylation sites is 1. The zero-order valence-corrected chi connectivity index (χ0v) is 49.6. The Morgan fingerprint density at radius 3 is 2.09 bits per heavy atom. The number of aryl methyl sites for hydroxylation is 1. The first kappa shape index (κ1) is 59.8. The lowest BCUT2D eigenvalue weighted by atomic mass is 9.80. The number of nitrogens with zero attached hydrogens (tertiary/aromatic N) is 4. The van der Waals surface area contributed by atoms with Crippen LogP contribution >= 0.6 is 19.4 Å². The number of phosphoric acid groups is 1. The Balaban J connectivity index is 1.15. The Morgan fingerprint density at radius 2 is 1.48 bits per heavy atom. The third kappa shape index (κ3) is 12.4. The number of aromatic amines is 2. The SMILES string of the molecule is COc1ccc(C(OC[C@H]2O[C@@H](n3cnc4c(=O)[nH]c(NC(=O)C(C)C)nc43)[C@H](O)[C@@H]2OP(=O)(OC[C@H]2O[C@@H](n3cc(C)c(=O)[nH]c3=O)C[C@@H]2O[Si](C)(C)C(C)(C)C)Oc2ccccc2Cl)(c2ccccc2)c2ccc(OC)cc2)cc1. The highest BCUT2D eigenvalue weighted by atomic mass is 35.5. The highest BCUT2D eigenvalue weighted by molar-refractivity contribution is 7.49. The number of aliphatic hydroxyl groups excluding tert-OH is 1. The van der Waals surface area contributed by atoms with E-state index in [1.54, 1.807) is 71.4 Å². The fourth-order valence-electron chi connectivity index (χ4n) is 9.46. The third-order valence-electron chi connectivity index (χ3n) is 15.0. The molecule has 82 heavy (non-hydrogen) atoms. The number of methoxy groups -OCH3 is 2. The van der Waals surface area contributed by atoms with Crippen LogP contribution in [0.2, 0.25) is 23.2 Å². The van der Waals surface area contributed by atoms with E-state index >= 15 is 4.57 Å². The van der Waals surface area contributed by atoms with Crippen molar-refractivity contribution in [2.45, 2.75) is 115 Å². The van der Waals surface area contributed by atoms with Crippen LogP contribution in [0.1, 0.15) is 75.7 Å². The van der Waals surface area contributed by atoms with Gasteiger partial charge in [0, 0.05) is 24.1 Å². The number of amides is 1. The number of ether oxygens (including phenoxy) is 5. The van der Waals surface area contributed by atoms with Gasteiger partial charge in [-0.2, -0.15) is 4.98 Å². The summed E-state index contributed by atoms with van der Waals surface area (Å²) in [7, 11) is -4.60. The normalized spacial score (nSPS) is 21.2. The van der Waals surface area contributed by atoms with Crippen LogP contribution in [-0.2, 0) is 42.6 Å². The molecule has 0 saturated carbocycles. The lowest BCUT2D eigenvalue weighted by molar-refractivity contribution is -0.118. The standard InChI is InChI=1S/C57H67ClN7O15PSi/c1-33(2)50(67)61-54-60-49-46(52(69)62-54)59-32-65(49)53-47(66)48(44(77-53)30-74-57(35-16-12-11-13-17-35,36-20-24-38(72-7)25-21-36)37-22-26-39(73-8)27-23-37)79-81(71,78-41-19-15-14-18-40(41)58)75-31-43-42(80-82(9,10)56(4,5)6)28-45(76-43)64-29-34(3)51(68)63-55(64)70/h11-27,29,32-33,42-45,47-48,53,66H,28,30-31H2,1-10H3,(H,63,68,70)(H2,60,61,62,67,69)/t42-,43+,44+,45+,47+,48+,53+,81?/m0/s1. The van der Waals surface area contributed by atoms with Crippen molar-refractivity contribution in [2.75, 3.05) is 32.8 Å². The number of nitrogens with one attached hydrogen (secondary N) is 3. The van der Waals surface area contributed by atoms with Crippen molar-refractivity contribution in [3.8, 4) is 17.2 Å². The molecular formula is C57H67ClN7O15PSi. The molecule has 2 aliphatic rings. The van der Waals surface area contributed by atoms with E-state index in [9.17, 15) is 24.3 Å². The number of rotatable bonds is 21. The van der Waals surface area contributed by atoms with Crippen molar-refractivity contribution in [3.05, 3.63) is 174 Å². The molecule has 436 valence electrons. The summed E-state index contributed by atoms with van der Waals surface area (Å²) in [5.41, 5.74) is -1.41. The molecular weight excluding hydrogens is 1120 g/mol. The quantitative estimate of drug-likeness (QED) is 0.0297. The minimum Gasteiger partial charge on any atom is -0.497 e. The average molecular weight is 1180 g/mol. The molecule has 0 bridgehead atoms. The number of phosphoric ester groups is 1. The highest BCUT2D eigenvalue weighted by Gasteiger charge is 2.53. The van der Waals surface area contributed by atoms with E-state index < -0.39 is 107 Å². The van der Waals surface area contributed by atoms with E-state index in [0.717, 1.165) is 0 Å². The number of aliphatic hydroxyl groups is 1. The van der Waals surface area contributed by atoms with Crippen molar-refractivity contribution in [2.24, 2.45) is 5.92 Å². The number of carbonyl (C=O) groups is 1. The van der Waals surface area contributed by atoms with Crippen molar-refractivity contribution >= 4 is 50.8 Å². The maximum atomic E-state index is 16.0. The van der Waals surface area contributed by atoms with Gasteiger partial charge in [0.1, 0.15) is 53.5 Å². The lowest BCUT2D eigenvalue weighted by Crippen LogP contribution is -2.46. The number of benzene rings is 4. The number of fused-ring (bicyclic) bond motifs is 1. The van der Waals surface area contributed by atoms with Gasteiger partial charge in [0.05, 0.1) is 44.9 Å². The van der Waals surface area contributed by atoms with E-state index in [4.69, 9.17) is 53.3 Å². The molecule has 3 aromatic heterocycles. The second kappa shape index (κ2) is 24.2. The summed E-state index contributed by atoms with van der Waals surface area (Å²) in [5.74, 6) is -0.0475. The first-order valence-corrected chi connectivity index (χ1v) is 31.3. The number of halogens is 1. The molecule has 4 N–H and O–H groups in total. The zero-order chi connectivity index (χ0) is 58.9. The van der Waals surface area contributed by atoms with Crippen LogP contribution < -0.4 is 36.1 Å².